The first-order valence-electron chi connectivity index (χ1n) is 4.80. The normalized spacial score (nSPS) is 11.6. The number of nitrogens with zero attached hydrogens (tertiary/aromatic N) is 3. The summed E-state index contributed by atoms with van der Waals surface area (Å²) in [5.41, 5.74) is 0.425. The zero-order chi connectivity index (χ0) is 12.6. The molecule has 2 aromatic rings. The number of imidazole rings is 1. The highest BCUT2D eigenvalue weighted by Crippen LogP contribution is 2.20. The van der Waals surface area contributed by atoms with Gasteiger partial charge in [0.1, 0.15) is 11.7 Å². The molecule has 0 aliphatic rings. The number of sulfone groups is 1. The summed E-state index contributed by atoms with van der Waals surface area (Å²) in [5.74, 6) is -0.0541. The summed E-state index contributed by atoms with van der Waals surface area (Å²) in [7, 11) is -3.46. The van der Waals surface area contributed by atoms with Crippen molar-refractivity contribution < 1.29 is 8.42 Å². The van der Waals surface area contributed by atoms with E-state index < -0.39 is 9.84 Å². The standard InChI is InChI=1S/C10H8IN3O2S/c1-2-17(15,16)10-8(6-12)13-9-5-7(11)3-4-14(9)10/h3-5H,2H2,1H3. The van der Waals surface area contributed by atoms with Crippen LogP contribution in [0.15, 0.2) is 23.4 Å². The molecule has 0 saturated heterocycles. The monoisotopic (exact) mass is 361 g/mol. The second-order valence-corrected chi connectivity index (χ2v) is 6.79. The van der Waals surface area contributed by atoms with E-state index in [9.17, 15) is 8.42 Å². The van der Waals surface area contributed by atoms with Crippen LogP contribution in [0.3, 0.4) is 0 Å². The van der Waals surface area contributed by atoms with Crippen LogP contribution >= 0.6 is 22.6 Å². The van der Waals surface area contributed by atoms with E-state index in [1.165, 1.54) is 4.40 Å². The van der Waals surface area contributed by atoms with Crippen molar-refractivity contribution in [3.05, 3.63) is 27.6 Å². The highest BCUT2D eigenvalue weighted by molar-refractivity contribution is 14.1. The van der Waals surface area contributed by atoms with Gasteiger partial charge in [-0.05, 0) is 34.7 Å². The molecule has 2 aromatic heterocycles. The third-order valence-corrected chi connectivity index (χ3v) is 4.74. The fourth-order valence-corrected chi connectivity index (χ4v) is 3.06. The zero-order valence-corrected chi connectivity index (χ0v) is 11.9. The Morgan fingerprint density at radius 2 is 2.29 bits per heavy atom. The van der Waals surface area contributed by atoms with Crippen LogP contribution in [0.5, 0.6) is 0 Å². The Morgan fingerprint density at radius 1 is 1.59 bits per heavy atom. The smallest absolute Gasteiger partial charge is 0.196 e. The van der Waals surface area contributed by atoms with Gasteiger partial charge >= 0.3 is 0 Å². The van der Waals surface area contributed by atoms with E-state index in [1.807, 2.05) is 6.07 Å². The maximum absolute atomic E-state index is 11.9. The van der Waals surface area contributed by atoms with Gasteiger partial charge in [0, 0.05) is 9.77 Å². The van der Waals surface area contributed by atoms with E-state index in [0.29, 0.717) is 5.65 Å². The maximum Gasteiger partial charge on any atom is 0.196 e. The van der Waals surface area contributed by atoms with Crippen LogP contribution in [0.25, 0.3) is 5.65 Å². The van der Waals surface area contributed by atoms with Gasteiger partial charge in [0.05, 0.1) is 5.75 Å². The lowest BCUT2D eigenvalue weighted by molar-refractivity contribution is 0.592. The molecule has 88 valence electrons. The highest BCUT2D eigenvalue weighted by atomic mass is 127. The first-order valence-corrected chi connectivity index (χ1v) is 7.53. The van der Waals surface area contributed by atoms with E-state index in [4.69, 9.17) is 5.26 Å². The number of halogens is 1. The van der Waals surface area contributed by atoms with Gasteiger partial charge < -0.3 is 0 Å². The quantitative estimate of drug-likeness (QED) is 0.762. The van der Waals surface area contributed by atoms with E-state index in [0.717, 1.165) is 3.57 Å². The summed E-state index contributed by atoms with van der Waals surface area (Å²) < 4.78 is 26.2. The van der Waals surface area contributed by atoms with Crippen LogP contribution < -0.4 is 0 Å². The molecule has 0 fully saturated rings. The average molecular weight is 361 g/mol. The third kappa shape index (κ3) is 2.02. The van der Waals surface area contributed by atoms with Crippen LogP contribution in [-0.4, -0.2) is 23.6 Å². The molecule has 0 N–H and O–H groups in total. The van der Waals surface area contributed by atoms with E-state index in [2.05, 4.69) is 27.6 Å². The number of aromatic nitrogens is 2. The molecule has 0 bridgehead atoms. The van der Waals surface area contributed by atoms with Crippen LogP contribution in [0, 0.1) is 14.9 Å². The van der Waals surface area contributed by atoms with Gasteiger partial charge in [0.25, 0.3) is 0 Å². The molecule has 0 aliphatic carbocycles. The fraction of sp³-hybridized carbons (Fsp3) is 0.200. The summed E-state index contributed by atoms with van der Waals surface area (Å²) in [5, 5.41) is 8.94. The second kappa shape index (κ2) is 4.27. The Bertz CT molecular complexity index is 728. The molecule has 17 heavy (non-hydrogen) atoms. The summed E-state index contributed by atoms with van der Waals surface area (Å²) in [6.07, 6.45) is 1.62. The Labute approximate surface area is 112 Å². The first kappa shape index (κ1) is 12.3. The highest BCUT2D eigenvalue weighted by Gasteiger charge is 2.23. The van der Waals surface area contributed by atoms with Gasteiger partial charge in [0.15, 0.2) is 20.6 Å². The maximum atomic E-state index is 11.9. The summed E-state index contributed by atoms with van der Waals surface area (Å²) in [6.45, 7) is 1.54. The minimum Gasteiger partial charge on any atom is -0.289 e. The number of rotatable bonds is 2. The zero-order valence-electron chi connectivity index (χ0n) is 8.88. The Kier molecular flexibility index (Phi) is 3.09. The molecule has 5 nitrogen and oxygen atoms in total. The van der Waals surface area contributed by atoms with E-state index in [1.54, 1.807) is 25.3 Å². The molecule has 0 saturated carbocycles. The van der Waals surface area contributed by atoms with Crippen LogP contribution in [0.4, 0.5) is 0 Å². The molecular formula is C10H8IN3O2S. The molecule has 0 aliphatic heterocycles. The average Bonchev–Trinajstić information content (AvgIpc) is 2.67. The van der Waals surface area contributed by atoms with Crippen molar-refractivity contribution in [2.24, 2.45) is 0 Å². The SMILES string of the molecule is CCS(=O)(=O)c1c(C#N)nc2cc(I)ccn12. The molecule has 0 atom stereocenters. The summed E-state index contributed by atoms with van der Waals surface area (Å²) >= 11 is 2.11. The minimum absolute atomic E-state index is 0.0195. The largest absolute Gasteiger partial charge is 0.289 e. The van der Waals surface area contributed by atoms with Crippen LogP contribution in [0.2, 0.25) is 0 Å². The van der Waals surface area contributed by atoms with Gasteiger partial charge in [-0.2, -0.15) is 5.26 Å². The lowest BCUT2D eigenvalue weighted by atomic mass is 10.5. The van der Waals surface area contributed by atoms with Crippen molar-refractivity contribution in [2.75, 3.05) is 5.75 Å². The van der Waals surface area contributed by atoms with Crippen LogP contribution in [0.1, 0.15) is 12.6 Å². The van der Waals surface area contributed by atoms with Crippen molar-refractivity contribution in [1.82, 2.24) is 9.38 Å². The van der Waals surface area contributed by atoms with Crippen LogP contribution in [-0.2, 0) is 9.84 Å². The van der Waals surface area contributed by atoms with Crippen molar-refractivity contribution in [1.29, 1.82) is 5.26 Å². The minimum atomic E-state index is -3.46. The van der Waals surface area contributed by atoms with Gasteiger partial charge in [-0.25, -0.2) is 13.4 Å². The van der Waals surface area contributed by atoms with E-state index >= 15 is 0 Å². The third-order valence-electron chi connectivity index (χ3n) is 2.32. The Morgan fingerprint density at radius 3 is 2.88 bits per heavy atom. The molecule has 2 rings (SSSR count). The molecule has 0 unspecified atom stereocenters. The molecule has 0 aromatic carbocycles. The lowest BCUT2D eigenvalue weighted by Crippen LogP contribution is -2.08. The van der Waals surface area contributed by atoms with Crippen molar-refractivity contribution in [2.45, 2.75) is 11.9 Å². The molecule has 0 spiro atoms. The number of hydrogen-bond acceptors (Lipinski definition) is 4. The van der Waals surface area contributed by atoms with E-state index in [-0.39, 0.29) is 16.5 Å². The molecule has 2 heterocycles. The molecule has 0 radical (unpaired) electrons. The molecule has 0 amide bonds. The topological polar surface area (TPSA) is 75.2 Å². The Balaban J connectivity index is 2.91. The predicted molar refractivity (Wildman–Crippen MR) is 70.4 cm³/mol. The number of pyridine rings is 1. The fourth-order valence-electron chi connectivity index (χ4n) is 1.50. The number of nitriles is 1. The first-order chi connectivity index (χ1) is 7.99. The predicted octanol–water partition coefficient (Wildman–Crippen LogP) is 1.60. The second-order valence-electron chi connectivity index (χ2n) is 3.35. The van der Waals surface area contributed by atoms with Crippen molar-refractivity contribution in [3.63, 3.8) is 0 Å². The molecule has 7 heteroatoms. The summed E-state index contributed by atoms with van der Waals surface area (Å²) in [4.78, 5) is 4.02. The van der Waals surface area contributed by atoms with Crippen molar-refractivity contribution >= 4 is 38.1 Å². The van der Waals surface area contributed by atoms with Crippen molar-refractivity contribution in [3.8, 4) is 6.07 Å². The number of fused-ring (bicyclic) bond motifs is 1. The van der Waals surface area contributed by atoms with Gasteiger partial charge in [-0.1, -0.05) is 6.92 Å². The van der Waals surface area contributed by atoms with Gasteiger partial charge in [0.2, 0.25) is 0 Å². The lowest BCUT2D eigenvalue weighted by Gasteiger charge is -2.01. The summed E-state index contributed by atoms with van der Waals surface area (Å²) in [6, 6.07) is 5.33. The van der Waals surface area contributed by atoms with Gasteiger partial charge in [-0.15, -0.1) is 0 Å². The molecular weight excluding hydrogens is 353 g/mol. The van der Waals surface area contributed by atoms with Gasteiger partial charge in [-0.3, -0.25) is 4.40 Å². The number of hydrogen-bond donors (Lipinski definition) is 0. The Hall–Kier alpha value is -1.14.